The molecule has 0 aliphatic heterocycles. The molecule has 8 heteroatoms. The fraction of sp³-hybridized carbons (Fsp3) is 0.107. The minimum atomic E-state index is -0.624. The molecule has 0 aliphatic carbocycles. The number of hydrogen-bond donors (Lipinski definition) is 1. The van der Waals surface area contributed by atoms with Gasteiger partial charge in [0.2, 0.25) is 5.91 Å². The number of aryl methyl sites for hydroxylation is 1. The summed E-state index contributed by atoms with van der Waals surface area (Å²) in [6.07, 6.45) is 0. The van der Waals surface area contributed by atoms with Gasteiger partial charge in [0.05, 0.1) is 21.4 Å². The molecule has 1 atom stereocenters. The Hall–Kier alpha value is -4.48. The highest BCUT2D eigenvalue weighted by Gasteiger charge is 2.22. The van der Waals surface area contributed by atoms with E-state index in [1.165, 1.54) is 30.0 Å². The van der Waals surface area contributed by atoms with Gasteiger partial charge in [0, 0.05) is 28.9 Å². The molecule has 36 heavy (non-hydrogen) atoms. The largest absolute Gasteiger partial charge is 0.325 e. The number of benzene rings is 3. The molecule has 0 unspecified atom stereocenters. The molecule has 1 aromatic heterocycles. The summed E-state index contributed by atoms with van der Waals surface area (Å²) < 4.78 is 0. The molecule has 3 aromatic carbocycles. The first kappa shape index (κ1) is 24.6. The highest BCUT2D eigenvalue weighted by Crippen LogP contribution is 2.36. The van der Waals surface area contributed by atoms with E-state index in [1.807, 2.05) is 67.6 Å². The Bertz CT molecular complexity index is 1460. The molecule has 0 aliphatic rings. The number of nitrogens with zero attached hydrogens (tertiary/aromatic N) is 3. The van der Waals surface area contributed by atoms with Crippen molar-refractivity contribution in [3.63, 3.8) is 0 Å². The van der Waals surface area contributed by atoms with Gasteiger partial charge >= 0.3 is 0 Å². The molecule has 1 amide bonds. The molecule has 0 fully saturated rings. The van der Waals surface area contributed by atoms with Gasteiger partial charge in [-0.25, -0.2) is 4.98 Å². The number of non-ortho nitro benzene ring substituents is 1. The lowest BCUT2D eigenvalue weighted by molar-refractivity contribution is -0.384. The summed E-state index contributed by atoms with van der Waals surface area (Å²) in [5.41, 5.74) is 4.93. The normalized spacial score (nSPS) is 11.4. The van der Waals surface area contributed by atoms with Crippen molar-refractivity contribution in [2.45, 2.75) is 24.1 Å². The molecule has 0 bridgehead atoms. The van der Waals surface area contributed by atoms with Gasteiger partial charge in [-0.05, 0) is 31.5 Å². The van der Waals surface area contributed by atoms with Gasteiger partial charge in [0.1, 0.15) is 11.1 Å². The number of thioether (sulfide) groups is 1. The van der Waals surface area contributed by atoms with Crippen LogP contribution in [0.25, 0.3) is 22.4 Å². The summed E-state index contributed by atoms with van der Waals surface area (Å²) in [6.45, 7) is 3.72. The quantitative estimate of drug-likeness (QED) is 0.176. The maximum Gasteiger partial charge on any atom is 0.271 e. The fourth-order valence-electron chi connectivity index (χ4n) is 3.59. The number of pyridine rings is 1. The summed E-state index contributed by atoms with van der Waals surface area (Å²) in [7, 11) is 0. The summed E-state index contributed by atoms with van der Waals surface area (Å²) >= 11 is 1.17. The van der Waals surface area contributed by atoms with Crippen molar-refractivity contribution in [3.05, 3.63) is 106 Å². The average Bonchev–Trinajstić information content (AvgIpc) is 2.89. The van der Waals surface area contributed by atoms with E-state index in [0.29, 0.717) is 22.0 Å². The number of carbonyl (C=O) groups is 1. The Morgan fingerprint density at radius 1 is 1.03 bits per heavy atom. The second-order valence-electron chi connectivity index (χ2n) is 8.14. The number of nitrogens with one attached hydrogen (secondary N) is 1. The lowest BCUT2D eigenvalue weighted by Gasteiger charge is -2.16. The molecular formula is C28H22N4O3S. The van der Waals surface area contributed by atoms with Crippen molar-refractivity contribution in [2.24, 2.45) is 0 Å². The first-order valence-corrected chi connectivity index (χ1v) is 12.0. The van der Waals surface area contributed by atoms with Crippen molar-refractivity contribution in [1.82, 2.24) is 4.98 Å². The molecule has 178 valence electrons. The second-order valence-corrected chi connectivity index (χ2v) is 9.47. The molecule has 0 spiro atoms. The number of hydrogen-bond acceptors (Lipinski definition) is 6. The number of nitro groups is 1. The molecule has 0 saturated heterocycles. The van der Waals surface area contributed by atoms with Gasteiger partial charge in [0.15, 0.2) is 0 Å². The molecule has 1 heterocycles. The van der Waals surface area contributed by atoms with Crippen molar-refractivity contribution < 1.29 is 9.72 Å². The van der Waals surface area contributed by atoms with Crippen LogP contribution in [0.15, 0.2) is 90.0 Å². The van der Waals surface area contributed by atoms with Crippen LogP contribution in [-0.2, 0) is 4.79 Å². The number of anilines is 1. The lowest BCUT2D eigenvalue weighted by Crippen LogP contribution is -2.22. The predicted molar refractivity (Wildman–Crippen MR) is 142 cm³/mol. The minimum absolute atomic E-state index is 0.111. The first-order chi connectivity index (χ1) is 17.4. The average molecular weight is 495 g/mol. The smallest absolute Gasteiger partial charge is 0.271 e. The van der Waals surface area contributed by atoms with Crippen LogP contribution in [0.1, 0.15) is 18.1 Å². The first-order valence-electron chi connectivity index (χ1n) is 11.2. The maximum atomic E-state index is 12.9. The summed E-state index contributed by atoms with van der Waals surface area (Å²) in [6, 6.07) is 27.5. The van der Waals surface area contributed by atoms with E-state index in [9.17, 15) is 20.2 Å². The predicted octanol–water partition coefficient (Wildman–Crippen LogP) is 6.62. The zero-order valence-corrected chi connectivity index (χ0v) is 20.5. The Morgan fingerprint density at radius 3 is 2.42 bits per heavy atom. The van der Waals surface area contributed by atoms with Crippen LogP contribution in [0.3, 0.4) is 0 Å². The molecule has 0 radical (unpaired) electrons. The monoisotopic (exact) mass is 494 g/mol. The Labute approximate surface area is 213 Å². The highest BCUT2D eigenvalue weighted by molar-refractivity contribution is 8.00. The highest BCUT2D eigenvalue weighted by atomic mass is 32.2. The van der Waals surface area contributed by atoms with E-state index in [4.69, 9.17) is 4.98 Å². The zero-order valence-electron chi connectivity index (χ0n) is 19.6. The number of carbonyl (C=O) groups excluding carboxylic acids is 1. The van der Waals surface area contributed by atoms with Crippen LogP contribution in [0, 0.1) is 28.4 Å². The van der Waals surface area contributed by atoms with Crippen LogP contribution in [0.2, 0.25) is 0 Å². The van der Waals surface area contributed by atoms with E-state index < -0.39 is 10.2 Å². The molecule has 7 nitrogen and oxygen atoms in total. The van der Waals surface area contributed by atoms with Crippen LogP contribution in [-0.4, -0.2) is 21.1 Å². The van der Waals surface area contributed by atoms with Gasteiger partial charge in [-0.15, -0.1) is 0 Å². The number of amides is 1. The SMILES string of the molecule is Cc1ccc(-c2cc(-c3ccccc3)c(C#N)c(S[C@@H](C)C(=O)Nc3cccc([N+](=O)[O-])c3)n2)cc1. The maximum absolute atomic E-state index is 12.9. The zero-order chi connectivity index (χ0) is 25.7. The van der Waals surface area contributed by atoms with E-state index >= 15 is 0 Å². The van der Waals surface area contributed by atoms with Crippen LogP contribution in [0.5, 0.6) is 0 Å². The van der Waals surface area contributed by atoms with Gasteiger partial charge in [-0.3, -0.25) is 14.9 Å². The van der Waals surface area contributed by atoms with Crippen molar-refractivity contribution >= 4 is 29.0 Å². The molecular weight excluding hydrogens is 472 g/mol. The minimum Gasteiger partial charge on any atom is -0.325 e. The van der Waals surface area contributed by atoms with Crippen molar-refractivity contribution in [3.8, 4) is 28.5 Å². The molecule has 0 saturated carbocycles. The van der Waals surface area contributed by atoms with E-state index in [1.54, 1.807) is 13.0 Å². The lowest BCUT2D eigenvalue weighted by atomic mass is 9.99. The van der Waals surface area contributed by atoms with E-state index in [2.05, 4.69) is 11.4 Å². The third-order valence-electron chi connectivity index (χ3n) is 5.51. The summed E-state index contributed by atoms with van der Waals surface area (Å²) in [5.74, 6) is -0.354. The van der Waals surface area contributed by atoms with Crippen LogP contribution < -0.4 is 5.32 Å². The Kier molecular flexibility index (Phi) is 7.42. The van der Waals surface area contributed by atoms with Crippen molar-refractivity contribution in [1.29, 1.82) is 5.26 Å². The molecule has 1 N–H and O–H groups in total. The molecule has 4 aromatic rings. The Balaban J connectivity index is 1.70. The summed E-state index contributed by atoms with van der Waals surface area (Å²) in [5, 5.41) is 23.6. The standard InChI is InChI=1S/C28H22N4O3S/c1-18-11-13-21(14-12-18)26-16-24(20-7-4-3-5-8-20)25(17-29)28(31-26)36-19(2)27(33)30-22-9-6-10-23(15-22)32(34)35/h3-16,19H,1-2H3,(H,30,33)/t19-/m0/s1. The van der Waals surface area contributed by atoms with E-state index in [0.717, 1.165) is 22.3 Å². The third kappa shape index (κ3) is 5.59. The van der Waals surface area contributed by atoms with Crippen LogP contribution >= 0.6 is 11.8 Å². The number of rotatable bonds is 7. The number of nitriles is 1. The van der Waals surface area contributed by atoms with Gasteiger partial charge in [-0.2, -0.15) is 5.26 Å². The number of aromatic nitrogens is 1. The van der Waals surface area contributed by atoms with Gasteiger partial charge in [-0.1, -0.05) is 78.0 Å². The fourth-order valence-corrected chi connectivity index (χ4v) is 4.52. The Morgan fingerprint density at radius 2 is 1.75 bits per heavy atom. The van der Waals surface area contributed by atoms with E-state index in [-0.39, 0.29) is 11.6 Å². The second kappa shape index (κ2) is 10.8. The number of nitro benzene ring substituents is 1. The third-order valence-corrected chi connectivity index (χ3v) is 6.60. The topological polar surface area (TPSA) is 109 Å². The summed E-state index contributed by atoms with van der Waals surface area (Å²) in [4.78, 5) is 28.2. The van der Waals surface area contributed by atoms with Gasteiger partial charge < -0.3 is 5.32 Å². The van der Waals surface area contributed by atoms with Crippen LogP contribution in [0.4, 0.5) is 11.4 Å². The van der Waals surface area contributed by atoms with Gasteiger partial charge in [0.25, 0.3) is 5.69 Å². The molecule has 4 rings (SSSR count). The van der Waals surface area contributed by atoms with Crippen molar-refractivity contribution in [2.75, 3.05) is 5.32 Å².